The number of nitrogens with two attached hydrogens (primary N) is 1. The average molecular weight is 459 g/mol. The quantitative estimate of drug-likeness (QED) is 0.335. The summed E-state index contributed by atoms with van der Waals surface area (Å²) in [7, 11) is 0. The molecule has 0 fully saturated rings. The number of carbonyl (C=O) groups excluding carboxylic acids is 1. The number of hydrogen-bond donors (Lipinski definition) is 5. The fourth-order valence-corrected chi connectivity index (χ4v) is 4.17. The van der Waals surface area contributed by atoms with Crippen LogP contribution >= 0.6 is 11.3 Å². The molecule has 3 rings (SSSR count). The van der Waals surface area contributed by atoms with Crippen molar-refractivity contribution in [1.82, 2.24) is 10.3 Å². The lowest BCUT2D eigenvalue weighted by molar-refractivity contribution is 0.0782. The summed E-state index contributed by atoms with van der Waals surface area (Å²) in [5, 5.41) is 26.1. The fourth-order valence-electron chi connectivity index (χ4n) is 3.07. The van der Waals surface area contributed by atoms with Gasteiger partial charge in [0, 0.05) is 23.5 Å². The molecule has 2 heterocycles. The number of aromatic nitrogens is 1. The number of primary amides is 1. The zero-order valence-corrected chi connectivity index (χ0v) is 19.0. The molecule has 9 heteroatoms. The monoisotopic (exact) mass is 458 g/mol. The number of benzene rings is 1. The second kappa shape index (κ2) is 9.74. The highest BCUT2D eigenvalue weighted by Gasteiger charge is 2.21. The summed E-state index contributed by atoms with van der Waals surface area (Å²) in [6.07, 6.45) is -0.461. The smallest absolute Gasteiger partial charge is 0.251 e. The highest BCUT2D eigenvalue weighted by molar-refractivity contribution is 7.19. The van der Waals surface area contributed by atoms with Crippen molar-refractivity contribution in [2.75, 3.05) is 11.9 Å². The maximum absolute atomic E-state index is 14.8. The van der Waals surface area contributed by atoms with E-state index in [-0.39, 0.29) is 5.56 Å². The first-order valence-corrected chi connectivity index (χ1v) is 10.9. The molecule has 0 spiro atoms. The van der Waals surface area contributed by atoms with E-state index in [9.17, 15) is 19.4 Å². The number of hydrogen-bond acceptors (Lipinski definition) is 7. The predicted molar refractivity (Wildman–Crippen MR) is 124 cm³/mol. The van der Waals surface area contributed by atoms with Crippen molar-refractivity contribution in [3.05, 3.63) is 65.1 Å². The van der Waals surface area contributed by atoms with Gasteiger partial charge >= 0.3 is 0 Å². The molecule has 3 aromatic rings. The minimum atomic E-state index is -1.17. The van der Waals surface area contributed by atoms with Gasteiger partial charge in [0.1, 0.15) is 16.6 Å². The molecule has 32 heavy (non-hydrogen) atoms. The molecule has 1 aromatic carbocycles. The van der Waals surface area contributed by atoms with Crippen LogP contribution in [0.1, 0.15) is 42.4 Å². The Balaban J connectivity index is 1.87. The summed E-state index contributed by atoms with van der Waals surface area (Å²) in [6, 6.07) is 11.5. The number of thiophene rings is 1. The normalized spacial score (nSPS) is 12.6. The second-order valence-electron chi connectivity index (χ2n) is 8.09. The van der Waals surface area contributed by atoms with Gasteiger partial charge in [0.05, 0.1) is 23.0 Å². The van der Waals surface area contributed by atoms with E-state index in [0.717, 1.165) is 5.69 Å². The molecule has 2 aromatic heterocycles. The largest absolute Gasteiger partial charge is 0.392 e. The molecule has 0 bridgehead atoms. The zero-order valence-electron chi connectivity index (χ0n) is 18.1. The van der Waals surface area contributed by atoms with Crippen LogP contribution in [0.25, 0.3) is 10.4 Å². The van der Waals surface area contributed by atoms with Gasteiger partial charge in [0.2, 0.25) is 0 Å². The van der Waals surface area contributed by atoms with Crippen LogP contribution < -0.4 is 16.4 Å². The average Bonchev–Trinajstić information content (AvgIpc) is 3.11. The number of halogens is 1. The van der Waals surface area contributed by atoms with E-state index < -0.39 is 23.4 Å². The highest BCUT2D eigenvalue weighted by atomic mass is 32.1. The third kappa shape index (κ3) is 5.89. The van der Waals surface area contributed by atoms with Crippen LogP contribution in [-0.4, -0.2) is 33.8 Å². The second-order valence-corrected chi connectivity index (χ2v) is 9.14. The molecule has 0 unspecified atom stereocenters. The van der Waals surface area contributed by atoms with E-state index in [2.05, 4.69) is 15.6 Å². The number of anilines is 2. The number of aliphatic hydroxyl groups is 2. The summed E-state index contributed by atoms with van der Waals surface area (Å²) in [4.78, 5) is 17.0. The van der Waals surface area contributed by atoms with Crippen LogP contribution in [0.4, 0.5) is 15.2 Å². The molecule has 0 saturated heterocycles. The molecule has 6 N–H and O–H groups in total. The molecule has 1 atom stereocenters. The molecule has 170 valence electrons. The van der Waals surface area contributed by atoms with Gasteiger partial charge in [-0.15, -0.1) is 11.3 Å². The van der Waals surface area contributed by atoms with E-state index in [1.807, 2.05) is 12.1 Å². The molecule has 7 nitrogen and oxygen atoms in total. The van der Waals surface area contributed by atoms with Gasteiger partial charge in [0.25, 0.3) is 5.91 Å². The Bertz CT molecular complexity index is 1110. The predicted octanol–water partition coefficient (Wildman–Crippen LogP) is 3.49. The Morgan fingerprint density at radius 1 is 1.28 bits per heavy atom. The summed E-state index contributed by atoms with van der Waals surface area (Å²) < 4.78 is 14.8. The maximum Gasteiger partial charge on any atom is 0.251 e. The van der Waals surface area contributed by atoms with Gasteiger partial charge in [-0.2, -0.15) is 0 Å². The van der Waals surface area contributed by atoms with Crippen LogP contribution in [0.5, 0.6) is 0 Å². The Kier molecular flexibility index (Phi) is 7.25. The van der Waals surface area contributed by atoms with Crippen molar-refractivity contribution in [2.24, 2.45) is 5.73 Å². The van der Waals surface area contributed by atoms with Crippen molar-refractivity contribution in [3.63, 3.8) is 0 Å². The molecule has 0 aliphatic heterocycles. The molecular weight excluding hydrogens is 431 g/mol. The lowest BCUT2D eigenvalue weighted by atomic mass is 9.96. The first kappa shape index (κ1) is 23.8. The highest BCUT2D eigenvalue weighted by Crippen LogP contribution is 2.38. The van der Waals surface area contributed by atoms with Crippen molar-refractivity contribution in [2.45, 2.75) is 39.0 Å². The van der Waals surface area contributed by atoms with Gasteiger partial charge in [-0.05, 0) is 50.6 Å². The standard InChI is InChI=1S/C23H27FN4O3S/c1-13(29)11-26-12-15-5-4-6-20(27-15)28-22-17(21(25)30)10-19(32-22)16-8-7-14(9-18(16)24)23(2,3)31/h4-10,13,26,29,31H,11-12H2,1-3H3,(H2,25,30)(H,27,28)/t13-/m0/s1. The maximum atomic E-state index is 14.8. The third-order valence-corrected chi connectivity index (χ3v) is 5.82. The molecule has 1 amide bonds. The van der Waals surface area contributed by atoms with Crippen molar-refractivity contribution in [1.29, 1.82) is 0 Å². The molecule has 0 aliphatic rings. The van der Waals surface area contributed by atoms with Gasteiger partial charge in [-0.3, -0.25) is 4.79 Å². The minimum absolute atomic E-state index is 0.232. The first-order valence-electron chi connectivity index (χ1n) is 10.1. The van der Waals surface area contributed by atoms with Crippen molar-refractivity contribution in [3.8, 4) is 10.4 Å². The molecule has 0 radical (unpaired) electrons. The van der Waals surface area contributed by atoms with Gasteiger partial charge in [-0.25, -0.2) is 9.37 Å². The molecule has 0 aliphatic carbocycles. The number of nitrogens with zero attached hydrogens (tertiary/aromatic N) is 1. The molecule has 0 saturated carbocycles. The number of nitrogens with one attached hydrogen (secondary N) is 2. The van der Waals surface area contributed by atoms with Crippen molar-refractivity contribution < 1.29 is 19.4 Å². The van der Waals surface area contributed by atoms with Crippen LogP contribution in [0.2, 0.25) is 0 Å². The summed E-state index contributed by atoms with van der Waals surface area (Å²) >= 11 is 1.19. The topological polar surface area (TPSA) is 120 Å². The first-order chi connectivity index (χ1) is 15.0. The third-order valence-electron chi connectivity index (χ3n) is 4.73. The van der Waals surface area contributed by atoms with Crippen LogP contribution in [0.3, 0.4) is 0 Å². The van der Waals surface area contributed by atoms with E-state index in [1.54, 1.807) is 45.0 Å². The number of rotatable bonds is 9. The Morgan fingerprint density at radius 2 is 2.03 bits per heavy atom. The summed E-state index contributed by atoms with van der Waals surface area (Å²) in [6.45, 7) is 5.77. The Hall–Kier alpha value is -2.85. The van der Waals surface area contributed by atoms with E-state index in [4.69, 9.17) is 5.73 Å². The number of amides is 1. The van der Waals surface area contributed by atoms with Gasteiger partial charge in [-0.1, -0.05) is 18.2 Å². The lowest BCUT2D eigenvalue weighted by Gasteiger charge is -2.18. The zero-order chi connectivity index (χ0) is 23.5. The van der Waals surface area contributed by atoms with Crippen LogP contribution in [0.15, 0.2) is 42.5 Å². The summed E-state index contributed by atoms with van der Waals surface area (Å²) in [5.41, 5.74) is 6.13. The van der Waals surface area contributed by atoms with E-state index >= 15 is 0 Å². The Labute approximate surface area is 190 Å². The van der Waals surface area contributed by atoms with Gasteiger partial charge < -0.3 is 26.6 Å². The number of carbonyl (C=O) groups is 1. The van der Waals surface area contributed by atoms with Crippen LogP contribution in [0, 0.1) is 5.82 Å². The Morgan fingerprint density at radius 3 is 2.66 bits per heavy atom. The lowest BCUT2D eigenvalue weighted by Crippen LogP contribution is -2.24. The van der Waals surface area contributed by atoms with E-state index in [0.29, 0.717) is 39.9 Å². The van der Waals surface area contributed by atoms with Crippen molar-refractivity contribution >= 4 is 28.1 Å². The SMILES string of the molecule is C[C@H](O)CNCc1cccc(Nc2sc(-c3ccc(C(C)(C)O)cc3F)cc2C(N)=O)n1. The van der Waals surface area contributed by atoms with Crippen LogP contribution in [-0.2, 0) is 12.1 Å². The molecular formula is C23H27FN4O3S. The van der Waals surface area contributed by atoms with E-state index in [1.165, 1.54) is 17.4 Å². The fraction of sp³-hybridized carbons (Fsp3) is 0.304. The summed E-state index contributed by atoms with van der Waals surface area (Å²) in [5.74, 6) is -0.633. The number of pyridine rings is 1. The number of aliphatic hydroxyl groups excluding tert-OH is 1. The minimum Gasteiger partial charge on any atom is -0.392 e. The van der Waals surface area contributed by atoms with Gasteiger partial charge in [0.15, 0.2) is 0 Å².